The Kier molecular flexibility index (Phi) is 9.30. The van der Waals surface area contributed by atoms with Gasteiger partial charge in [-0.2, -0.15) is 4.31 Å². The van der Waals surface area contributed by atoms with Crippen LogP contribution in [-0.4, -0.2) is 57.2 Å². The smallest absolute Gasteiger partial charge is 0.292 e. The summed E-state index contributed by atoms with van der Waals surface area (Å²) in [5.74, 6) is -0.0699. The van der Waals surface area contributed by atoms with E-state index in [2.05, 4.69) is 15.5 Å². The normalized spacial score (nSPS) is 11.5. The van der Waals surface area contributed by atoms with Crippen molar-refractivity contribution in [1.29, 1.82) is 0 Å². The van der Waals surface area contributed by atoms with Gasteiger partial charge in [-0.3, -0.25) is 19.5 Å². The van der Waals surface area contributed by atoms with Gasteiger partial charge in [-0.25, -0.2) is 8.42 Å². The highest BCUT2D eigenvalue weighted by atomic mass is 32.2. The van der Waals surface area contributed by atoms with Crippen molar-refractivity contribution in [3.63, 3.8) is 0 Å². The fraction of sp³-hybridized carbons (Fsp3) is 0.222. The number of carbonyl (C=O) groups is 1. The molecule has 4 aromatic rings. The van der Waals surface area contributed by atoms with Gasteiger partial charge in [0.15, 0.2) is 11.0 Å². The summed E-state index contributed by atoms with van der Waals surface area (Å²) in [4.78, 5) is 23.6. The van der Waals surface area contributed by atoms with Crippen molar-refractivity contribution < 1.29 is 18.1 Å². The highest BCUT2D eigenvalue weighted by Crippen LogP contribution is 2.29. The number of nitrogens with one attached hydrogen (secondary N) is 1. The van der Waals surface area contributed by atoms with Crippen LogP contribution in [0.15, 0.2) is 88.9 Å². The molecule has 0 atom stereocenters. The molecule has 0 aliphatic carbocycles. The predicted molar refractivity (Wildman–Crippen MR) is 154 cm³/mol. The van der Waals surface area contributed by atoms with Crippen LogP contribution in [-0.2, 0) is 21.4 Å². The first-order valence-corrected chi connectivity index (χ1v) is 14.9. The molecule has 0 saturated heterocycles. The third-order valence-corrected chi connectivity index (χ3v) is 9.06. The summed E-state index contributed by atoms with van der Waals surface area (Å²) in [7, 11) is -3.69. The Hall–Kier alpha value is -4.07. The molecule has 0 saturated carbocycles. The summed E-state index contributed by atoms with van der Waals surface area (Å²) in [6.07, 6.45) is 0. The molecule has 1 heterocycles. The number of thioether (sulfide) groups is 1. The second-order valence-corrected chi connectivity index (χ2v) is 11.5. The van der Waals surface area contributed by atoms with Crippen molar-refractivity contribution in [3.05, 3.63) is 94.5 Å². The average Bonchev–Trinajstić information content (AvgIpc) is 3.35. The van der Waals surface area contributed by atoms with Crippen LogP contribution < -0.4 is 5.32 Å². The van der Waals surface area contributed by atoms with E-state index >= 15 is 0 Å². The molecule has 3 aromatic carbocycles. The van der Waals surface area contributed by atoms with E-state index in [1.165, 1.54) is 22.5 Å². The molecule has 40 heavy (non-hydrogen) atoms. The maximum Gasteiger partial charge on any atom is 0.292 e. The second kappa shape index (κ2) is 12.9. The molecule has 11 nitrogen and oxygen atoms in total. The molecule has 0 bridgehead atoms. The van der Waals surface area contributed by atoms with E-state index in [-0.39, 0.29) is 22.0 Å². The molecule has 0 aliphatic heterocycles. The number of nitro groups is 1. The number of carbonyl (C=O) groups excluding carboxylic acids is 1. The van der Waals surface area contributed by atoms with Crippen LogP contribution >= 0.6 is 11.8 Å². The molecule has 0 spiro atoms. The topological polar surface area (TPSA) is 140 Å². The predicted octanol–water partition coefficient (Wildman–Crippen LogP) is 4.66. The van der Waals surface area contributed by atoms with E-state index in [1.54, 1.807) is 44.2 Å². The zero-order valence-corrected chi connectivity index (χ0v) is 23.6. The van der Waals surface area contributed by atoms with Gasteiger partial charge in [0, 0.05) is 24.7 Å². The van der Waals surface area contributed by atoms with Crippen molar-refractivity contribution in [2.45, 2.75) is 30.4 Å². The number of amides is 1. The first-order chi connectivity index (χ1) is 19.2. The molecular weight excluding hydrogens is 552 g/mol. The summed E-state index contributed by atoms with van der Waals surface area (Å²) in [5, 5.41) is 23.0. The fourth-order valence-corrected chi connectivity index (χ4v) is 6.32. The number of hydrogen-bond donors (Lipinski definition) is 1. The Balaban J connectivity index is 1.64. The molecule has 208 valence electrons. The Morgan fingerprint density at radius 3 is 2.40 bits per heavy atom. The fourth-order valence-electron chi connectivity index (χ4n) is 4.08. The number of sulfonamides is 1. The SMILES string of the molecule is CCN(CC)S(=O)(=O)c1cccc(-c2nnc(SCC(=O)Nc3ccccc3[N+](=O)[O-])n2Cc2ccccc2)c1. The average molecular weight is 581 g/mol. The number of para-hydroxylation sites is 2. The number of benzene rings is 3. The van der Waals surface area contributed by atoms with Crippen LogP contribution in [0, 0.1) is 10.1 Å². The molecule has 4 rings (SSSR count). The first-order valence-electron chi connectivity index (χ1n) is 12.5. The zero-order chi connectivity index (χ0) is 28.7. The minimum absolute atomic E-state index is 0.0741. The molecule has 0 radical (unpaired) electrons. The van der Waals surface area contributed by atoms with E-state index in [4.69, 9.17) is 0 Å². The van der Waals surface area contributed by atoms with Crippen LogP contribution in [0.5, 0.6) is 0 Å². The largest absolute Gasteiger partial charge is 0.320 e. The van der Waals surface area contributed by atoms with E-state index in [9.17, 15) is 23.3 Å². The van der Waals surface area contributed by atoms with Gasteiger partial charge in [0.1, 0.15) is 5.69 Å². The molecule has 13 heteroatoms. The summed E-state index contributed by atoms with van der Waals surface area (Å²) in [6, 6.07) is 22.1. The molecule has 1 aromatic heterocycles. The Bertz CT molecular complexity index is 1600. The highest BCUT2D eigenvalue weighted by molar-refractivity contribution is 7.99. The molecule has 0 fully saturated rings. The molecule has 1 N–H and O–H groups in total. The lowest BCUT2D eigenvalue weighted by Gasteiger charge is -2.19. The van der Waals surface area contributed by atoms with E-state index in [1.807, 2.05) is 34.9 Å². The number of rotatable bonds is 12. The van der Waals surface area contributed by atoms with Crippen molar-refractivity contribution in [1.82, 2.24) is 19.1 Å². The van der Waals surface area contributed by atoms with Crippen LogP contribution in [0.1, 0.15) is 19.4 Å². The lowest BCUT2D eigenvalue weighted by molar-refractivity contribution is -0.383. The summed E-state index contributed by atoms with van der Waals surface area (Å²) in [5.41, 5.74) is 1.43. The highest BCUT2D eigenvalue weighted by Gasteiger charge is 2.24. The monoisotopic (exact) mass is 580 g/mol. The quantitative estimate of drug-likeness (QED) is 0.145. The van der Waals surface area contributed by atoms with Gasteiger partial charge in [0.05, 0.1) is 22.1 Å². The van der Waals surface area contributed by atoms with Crippen molar-refractivity contribution in [2.24, 2.45) is 0 Å². The van der Waals surface area contributed by atoms with E-state index in [0.717, 1.165) is 17.3 Å². The van der Waals surface area contributed by atoms with Gasteiger partial charge in [-0.1, -0.05) is 80.2 Å². The molecule has 0 unspecified atom stereocenters. The minimum atomic E-state index is -3.69. The number of nitro benzene ring substituents is 1. The van der Waals surface area contributed by atoms with E-state index in [0.29, 0.717) is 36.2 Å². The zero-order valence-electron chi connectivity index (χ0n) is 21.9. The maximum absolute atomic E-state index is 13.1. The first kappa shape index (κ1) is 28.9. The Morgan fingerprint density at radius 2 is 1.70 bits per heavy atom. The Labute approximate surface area is 236 Å². The minimum Gasteiger partial charge on any atom is -0.320 e. The van der Waals surface area contributed by atoms with E-state index < -0.39 is 20.9 Å². The van der Waals surface area contributed by atoms with Crippen molar-refractivity contribution >= 4 is 39.1 Å². The van der Waals surface area contributed by atoms with Gasteiger partial charge >= 0.3 is 0 Å². The summed E-state index contributed by atoms with van der Waals surface area (Å²) < 4.78 is 29.5. The van der Waals surface area contributed by atoms with Crippen molar-refractivity contribution in [3.8, 4) is 11.4 Å². The summed E-state index contributed by atoms with van der Waals surface area (Å²) in [6.45, 7) is 4.66. The lowest BCUT2D eigenvalue weighted by Crippen LogP contribution is -2.30. The third kappa shape index (κ3) is 6.55. The van der Waals surface area contributed by atoms with Crippen LogP contribution in [0.4, 0.5) is 11.4 Å². The van der Waals surface area contributed by atoms with Crippen molar-refractivity contribution in [2.75, 3.05) is 24.2 Å². The molecular formula is C27H28N6O5S2. The second-order valence-electron chi connectivity index (χ2n) is 8.61. The standard InChI is InChI=1S/C27H28N6O5S2/c1-3-31(4-2)40(37,38)22-14-10-13-21(17-22)26-29-30-27(32(26)18-20-11-6-5-7-12-20)39-19-25(34)28-23-15-8-9-16-24(23)33(35)36/h5-17H,3-4,18-19H2,1-2H3,(H,28,34). The summed E-state index contributed by atoms with van der Waals surface area (Å²) >= 11 is 1.13. The van der Waals surface area contributed by atoms with Crippen LogP contribution in [0.2, 0.25) is 0 Å². The van der Waals surface area contributed by atoms with Gasteiger partial charge in [0.25, 0.3) is 5.69 Å². The molecule has 0 aliphatic rings. The van der Waals surface area contributed by atoms with Crippen LogP contribution in [0.3, 0.4) is 0 Å². The van der Waals surface area contributed by atoms with Gasteiger partial charge in [0.2, 0.25) is 15.9 Å². The van der Waals surface area contributed by atoms with Gasteiger partial charge < -0.3 is 5.32 Å². The van der Waals surface area contributed by atoms with Gasteiger partial charge in [-0.15, -0.1) is 10.2 Å². The lowest BCUT2D eigenvalue weighted by atomic mass is 10.2. The number of hydrogen-bond acceptors (Lipinski definition) is 8. The molecule has 1 amide bonds. The number of anilines is 1. The van der Waals surface area contributed by atoms with Crippen LogP contribution in [0.25, 0.3) is 11.4 Å². The Morgan fingerprint density at radius 1 is 1.00 bits per heavy atom. The number of aromatic nitrogens is 3. The third-order valence-electron chi connectivity index (χ3n) is 6.04. The van der Waals surface area contributed by atoms with Gasteiger partial charge in [-0.05, 0) is 23.8 Å². The number of nitrogens with zero attached hydrogens (tertiary/aromatic N) is 5. The maximum atomic E-state index is 13.1.